The molecule has 0 radical (unpaired) electrons. The summed E-state index contributed by atoms with van der Waals surface area (Å²) in [5.41, 5.74) is 8.71. The largest absolute Gasteiger partial charge is 0.493 e. The number of rotatable bonds is 7. The molecule has 0 heterocycles. The van der Waals surface area contributed by atoms with E-state index in [0.29, 0.717) is 0 Å². The molecule has 0 fully saturated rings. The first kappa shape index (κ1) is 15.9. The average Bonchev–Trinajstić information content (AvgIpc) is 2.52. The van der Waals surface area contributed by atoms with Crippen molar-refractivity contribution in [1.82, 2.24) is 0 Å². The summed E-state index contributed by atoms with van der Waals surface area (Å²) in [6, 6.07) is 16.6. The van der Waals surface area contributed by atoms with Gasteiger partial charge in [-0.1, -0.05) is 42.8 Å². The molecule has 1 unspecified atom stereocenters. The maximum atomic E-state index is 6.34. The van der Waals surface area contributed by atoms with E-state index in [1.54, 1.807) is 11.8 Å². The molecule has 0 saturated carbocycles. The van der Waals surface area contributed by atoms with Crippen molar-refractivity contribution in [3.05, 3.63) is 59.7 Å². The lowest BCUT2D eigenvalue weighted by Crippen LogP contribution is -2.14. The van der Waals surface area contributed by atoms with Crippen LogP contribution >= 0.6 is 11.8 Å². The number of hydrogen-bond acceptors (Lipinski definition) is 3. The van der Waals surface area contributed by atoms with E-state index in [1.807, 2.05) is 18.2 Å². The number of aryl methyl sites for hydroxylation is 1. The quantitative estimate of drug-likeness (QED) is 0.760. The summed E-state index contributed by atoms with van der Waals surface area (Å²) in [6.07, 6.45) is 1.00. The number of ether oxygens (including phenoxy) is 1. The van der Waals surface area contributed by atoms with Crippen LogP contribution in [0.5, 0.6) is 5.75 Å². The fourth-order valence-corrected chi connectivity index (χ4v) is 2.92. The van der Waals surface area contributed by atoms with Gasteiger partial charge in [0.05, 0.1) is 6.61 Å². The molecule has 3 heteroatoms. The van der Waals surface area contributed by atoms with Gasteiger partial charge >= 0.3 is 0 Å². The fourth-order valence-electron chi connectivity index (χ4n) is 2.04. The topological polar surface area (TPSA) is 35.2 Å². The van der Waals surface area contributed by atoms with E-state index >= 15 is 0 Å². The maximum Gasteiger partial charge on any atom is 0.124 e. The summed E-state index contributed by atoms with van der Waals surface area (Å²) >= 11 is 1.78. The fraction of sp³-hybridized carbons (Fsp3) is 0.333. The van der Waals surface area contributed by atoms with Crippen LogP contribution in [-0.2, 0) is 0 Å². The van der Waals surface area contributed by atoms with Crippen molar-refractivity contribution in [1.29, 1.82) is 0 Å². The Bertz CT molecular complexity index is 553. The zero-order chi connectivity index (χ0) is 15.1. The lowest BCUT2D eigenvalue weighted by molar-refractivity contribution is 0.313. The molecule has 2 aromatic rings. The molecule has 112 valence electrons. The molecular weight excluding hydrogens is 278 g/mol. The summed E-state index contributed by atoms with van der Waals surface area (Å²) in [6.45, 7) is 4.94. The van der Waals surface area contributed by atoms with Crippen LogP contribution < -0.4 is 10.5 Å². The lowest BCUT2D eigenvalue weighted by Gasteiger charge is -2.16. The Labute approximate surface area is 131 Å². The molecule has 2 aromatic carbocycles. The van der Waals surface area contributed by atoms with Gasteiger partial charge in [-0.05, 0) is 31.5 Å². The van der Waals surface area contributed by atoms with E-state index in [2.05, 4.69) is 44.2 Å². The molecule has 0 aliphatic rings. The summed E-state index contributed by atoms with van der Waals surface area (Å²) in [5.74, 6) is 1.76. The van der Waals surface area contributed by atoms with Crippen LogP contribution in [0.2, 0.25) is 0 Å². The van der Waals surface area contributed by atoms with Crippen molar-refractivity contribution in [2.24, 2.45) is 5.73 Å². The van der Waals surface area contributed by atoms with Crippen LogP contribution in [-0.4, -0.2) is 12.4 Å². The number of hydrogen-bond donors (Lipinski definition) is 1. The van der Waals surface area contributed by atoms with Crippen LogP contribution in [0.25, 0.3) is 0 Å². The van der Waals surface area contributed by atoms with Crippen LogP contribution in [0.1, 0.15) is 30.5 Å². The molecule has 0 amide bonds. The third-order valence-electron chi connectivity index (χ3n) is 3.23. The Morgan fingerprint density at radius 3 is 2.52 bits per heavy atom. The van der Waals surface area contributed by atoms with E-state index in [9.17, 15) is 0 Å². The Morgan fingerprint density at radius 2 is 1.81 bits per heavy atom. The number of para-hydroxylation sites is 1. The van der Waals surface area contributed by atoms with Gasteiger partial charge in [-0.3, -0.25) is 0 Å². The van der Waals surface area contributed by atoms with E-state index in [-0.39, 0.29) is 6.04 Å². The Kier molecular flexibility index (Phi) is 6.15. The first-order valence-corrected chi connectivity index (χ1v) is 8.36. The van der Waals surface area contributed by atoms with Crippen molar-refractivity contribution < 1.29 is 4.74 Å². The Balaban J connectivity index is 1.99. The lowest BCUT2D eigenvalue weighted by atomic mass is 10.1. The van der Waals surface area contributed by atoms with Gasteiger partial charge in [0.25, 0.3) is 0 Å². The second-order valence-electron chi connectivity index (χ2n) is 5.12. The molecule has 1 atom stereocenters. The van der Waals surface area contributed by atoms with Gasteiger partial charge < -0.3 is 10.5 Å². The third kappa shape index (κ3) is 4.80. The van der Waals surface area contributed by atoms with Gasteiger partial charge in [0.2, 0.25) is 0 Å². The molecule has 21 heavy (non-hydrogen) atoms. The zero-order valence-electron chi connectivity index (χ0n) is 12.7. The van der Waals surface area contributed by atoms with Gasteiger partial charge in [0, 0.05) is 22.3 Å². The zero-order valence-corrected chi connectivity index (χ0v) is 13.5. The minimum Gasteiger partial charge on any atom is -0.493 e. The van der Waals surface area contributed by atoms with Crippen molar-refractivity contribution in [2.45, 2.75) is 31.2 Å². The van der Waals surface area contributed by atoms with E-state index in [1.165, 1.54) is 10.5 Å². The molecule has 0 saturated heterocycles. The van der Waals surface area contributed by atoms with Gasteiger partial charge in [-0.2, -0.15) is 0 Å². The van der Waals surface area contributed by atoms with Crippen molar-refractivity contribution in [2.75, 3.05) is 12.4 Å². The molecular formula is C18H23NOS. The minimum atomic E-state index is -0.0237. The van der Waals surface area contributed by atoms with Crippen LogP contribution in [0.4, 0.5) is 0 Å². The van der Waals surface area contributed by atoms with Gasteiger partial charge in [0.15, 0.2) is 0 Å². The van der Waals surface area contributed by atoms with Crippen LogP contribution in [0, 0.1) is 6.92 Å². The summed E-state index contributed by atoms with van der Waals surface area (Å²) < 4.78 is 5.79. The molecule has 0 bridgehead atoms. The Morgan fingerprint density at radius 1 is 1.10 bits per heavy atom. The maximum absolute atomic E-state index is 6.34. The third-order valence-corrected chi connectivity index (χ3v) is 4.36. The van der Waals surface area contributed by atoms with E-state index in [4.69, 9.17) is 10.5 Å². The van der Waals surface area contributed by atoms with Gasteiger partial charge in [0.1, 0.15) is 5.75 Å². The summed E-state index contributed by atoms with van der Waals surface area (Å²) in [5, 5.41) is 0. The first-order valence-electron chi connectivity index (χ1n) is 7.37. The number of nitrogens with two attached hydrogens (primary N) is 1. The van der Waals surface area contributed by atoms with Crippen LogP contribution in [0.15, 0.2) is 53.4 Å². The summed E-state index contributed by atoms with van der Waals surface area (Å²) in [7, 11) is 0. The Hall–Kier alpha value is -1.45. The molecule has 0 aliphatic heterocycles. The SMILES string of the molecule is CCCOc1ccccc1C(N)CSc1ccc(C)cc1. The first-order chi connectivity index (χ1) is 10.2. The number of benzene rings is 2. The molecule has 0 aromatic heterocycles. The molecule has 2 rings (SSSR count). The van der Waals surface area contributed by atoms with Crippen LogP contribution in [0.3, 0.4) is 0 Å². The van der Waals surface area contributed by atoms with E-state index in [0.717, 1.165) is 30.1 Å². The highest BCUT2D eigenvalue weighted by Gasteiger charge is 2.12. The van der Waals surface area contributed by atoms with Crippen molar-refractivity contribution >= 4 is 11.8 Å². The van der Waals surface area contributed by atoms with Crippen molar-refractivity contribution in [3.8, 4) is 5.75 Å². The van der Waals surface area contributed by atoms with Gasteiger partial charge in [-0.15, -0.1) is 11.8 Å². The highest BCUT2D eigenvalue weighted by atomic mass is 32.2. The normalized spacial score (nSPS) is 12.1. The average molecular weight is 301 g/mol. The minimum absolute atomic E-state index is 0.0237. The molecule has 0 spiro atoms. The monoisotopic (exact) mass is 301 g/mol. The van der Waals surface area contributed by atoms with Crippen molar-refractivity contribution in [3.63, 3.8) is 0 Å². The highest BCUT2D eigenvalue weighted by molar-refractivity contribution is 7.99. The highest BCUT2D eigenvalue weighted by Crippen LogP contribution is 2.29. The second-order valence-corrected chi connectivity index (χ2v) is 6.21. The molecule has 2 nitrogen and oxygen atoms in total. The predicted octanol–water partition coefficient (Wildman–Crippen LogP) is 4.58. The van der Waals surface area contributed by atoms with Gasteiger partial charge in [-0.25, -0.2) is 0 Å². The smallest absolute Gasteiger partial charge is 0.124 e. The molecule has 0 aliphatic carbocycles. The standard InChI is InChI=1S/C18H23NOS/c1-3-12-20-18-7-5-4-6-16(18)17(19)13-21-15-10-8-14(2)9-11-15/h4-11,17H,3,12-13,19H2,1-2H3. The summed E-state index contributed by atoms with van der Waals surface area (Å²) in [4.78, 5) is 1.25. The predicted molar refractivity (Wildman–Crippen MR) is 91.1 cm³/mol. The second kappa shape index (κ2) is 8.11. The van der Waals surface area contributed by atoms with E-state index < -0.39 is 0 Å². The number of thioether (sulfide) groups is 1. The molecule has 2 N–H and O–H groups in total.